The van der Waals surface area contributed by atoms with Crippen molar-refractivity contribution in [1.29, 1.82) is 0 Å². The number of carbonyl (C=O) groups is 1. The van der Waals surface area contributed by atoms with E-state index in [4.69, 9.17) is 5.73 Å². The number of hydrogen-bond donors (Lipinski definition) is 2. The monoisotopic (exact) mass is 463 g/mol. The number of carbonyl (C=O) groups excluding carboxylic acids is 1. The molecule has 0 unspecified atom stereocenters. The van der Waals surface area contributed by atoms with Crippen molar-refractivity contribution in [3.63, 3.8) is 0 Å². The molecule has 174 valence electrons. The molecule has 8 nitrogen and oxygen atoms in total. The summed E-state index contributed by atoms with van der Waals surface area (Å²) in [5, 5.41) is 7.94. The highest BCUT2D eigenvalue weighted by Gasteiger charge is 2.21. The summed E-state index contributed by atoms with van der Waals surface area (Å²) in [6.45, 7) is 6.06. The van der Waals surface area contributed by atoms with Crippen molar-refractivity contribution < 1.29 is 4.79 Å². The topological polar surface area (TPSA) is 104 Å². The molecule has 0 aliphatic carbocycles. The van der Waals surface area contributed by atoms with E-state index in [9.17, 15) is 4.79 Å². The summed E-state index contributed by atoms with van der Waals surface area (Å²) in [5.74, 6) is 0.221. The van der Waals surface area contributed by atoms with Gasteiger partial charge in [-0.25, -0.2) is 9.97 Å². The lowest BCUT2D eigenvalue weighted by Gasteiger charge is -2.11. The third kappa shape index (κ3) is 4.17. The maximum absolute atomic E-state index is 12.0. The molecule has 0 aliphatic heterocycles. The Labute approximate surface area is 202 Å². The molecule has 8 heteroatoms. The van der Waals surface area contributed by atoms with Crippen LogP contribution in [-0.4, -0.2) is 30.2 Å². The zero-order chi connectivity index (χ0) is 24.5. The van der Waals surface area contributed by atoms with E-state index in [-0.39, 0.29) is 5.91 Å². The average molecular weight is 464 g/mol. The smallest absolute Gasteiger partial charge is 0.250 e. The van der Waals surface area contributed by atoms with Crippen molar-refractivity contribution in [2.75, 3.05) is 11.1 Å². The van der Waals surface area contributed by atoms with E-state index in [0.29, 0.717) is 23.6 Å². The third-order valence-electron chi connectivity index (χ3n) is 5.95. The normalized spacial score (nSPS) is 11.0. The van der Waals surface area contributed by atoms with Crippen molar-refractivity contribution in [3.8, 4) is 22.4 Å². The van der Waals surface area contributed by atoms with Gasteiger partial charge in [0.2, 0.25) is 0 Å². The van der Waals surface area contributed by atoms with Crippen LogP contribution in [0.3, 0.4) is 0 Å². The predicted molar refractivity (Wildman–Crippen MR) is 139 cm³/mol. The number of anilines is 2. The quantitative estimate of drug-likeness (QED) is 0.357. The summed E-state index contributed by atoms with van der Waals surface area (Å²) in [6, 6.07) is 18.0. The van der Waals surface area contributed by atoms with Crippen LogP contribution in [0, 0.1) is 0 Å². The van der Waals surface area contributed by atoms with Gasteiger partial charge in [-0.05, 0) is 41.8 Å². The minimum Gasteiger partial charge on any atom is -0.383 e. The first-order valence-corrected chi connectivity index (χ1v) is 11.1. The number of aryl methyl sites for hydroxylation is 1. The van der Waals surface area contributed by atoms with E-state index < -0.39 is 0 Å². The summed E-state index contributed by atoms with van der Waals surface area (Å²) in [5.41, 5.74) is 13.3. The molecule has 0 saturated heterocycles. The Morgan fingerprint density at radius 2 is 1.77 bits per heavy atom. The van der Waals surface area contributed by atoms with Crippen LogP contribution < -0.4 is 11.1 Å². The molecular weight excluding hydrogens is 438 g/mol. The second kappa shape index (κ2) is 8.90. The second-order valence-electron chi connectivity index (χ2n) is 8.45. The first-order valence-electron chi connectivity index (χ1n) is 11.1. The van der Waals surface area contributed by atoms with E-state index in [0.717, 1.165) is 39.0 Å². The Bertz CT molecular complexity index is 1530. The fourth-order valence-electron chi connectivity index (χ4n) is 4.20. The molecule has 3 N–H and O–H groups in total. The van der Waals surface area contributed by atoms with Crippen molar-refractivity contribution >= 4 is 28.4 Å². The lowest BCUT2D eigenvalue weighted by atomic mass is 9.97. The van der Waals surface area contributed by atoms with Gasteiger partial charge in [0.25, 0.3) is 5.91 Å². The molecule has 1 amide bonds. The number of amides is 1. The summed E-state index contributed by atoms with van der Waals surface area (Å²) in [6.07, 6.45) is 5.20. The molecule has 35 heavy (non-hydrogen) atoms. The van der Waals surface area contributed by atoms with Gasteiger partial charge in [0.05, 0.1) is 17.6 Å². The number of nitrogens with two attached hydrogens (primary N) is 1. The van der Waals surface area contributed by atoms with Crippen LogP contribution in [0.5, 0.6) is 0 Å². The Hall–Kier alpha value is -4.72. The maximum atomic E-state index is 12.0. The number of rotatable bonds is 6. The fourth-order valence-corrected chi connectivity index (χ4v) is 4.20. The lowest BCUT2D eigenvalue weighted by Crippen LogP contribution is -2.11. The molecular formula is C27H25N7O. The number of nitrogen functional groups attached to an aromatic ring is 1. The molecule has 0 radical (unpaired) electrons. The third-order valence-corrected chi connectivity index (χ3v) is 5.95. The second-order valence-corrected chi connectivity index (χ2v) is 8.45. The summed E-state index contributed by atoms with van der Waals surface area (Å²) in [4.78, 5) is 20.8. The number of hydrogen-bond acceptors (Lipinski definition) is 5. The van der Waals surface area contributed by atoms with Gasteiger partial charge >= 0.3 is 0 Å². The summed E-state index contributed by atoms with van der Waals surface area (Å²) < 4.78 is 3.92. The Morgan fingerprint density at radius 3 is 2.43 bits per heavy atom. The van der Waals surface area contributed by atoms with Crippen molar-refractivity contribution in [1.82, 2.24) is 24.3 Å². The minimum absolute atomic E-state index is 0.207. The zero-order valence-corrected chi connectivity index (χ0v) is 19.6. The molecule has 3 aromatic heterocycles. The van der Waals surface area contributed by atoms with Gasteiger partial charge < -0.3 is 15.6 Å². The standard InChI is InChI=1S/C27H25N7O/c1-17(2)27(35)32-21-11-9-20(10-12-21)24-22(23-25(28)29-16-30-26(23)33(24)3)19-7-5-18(6-8-19)15-34-14-4-13-31-34/h4-14,16H,1,15H2,2-3H3,(H,32,35)(H2,28,29,30). The molecule has 0 atom stereocenters. The molecule has 0 bridgehead atoms. The molecule has 5 rings (SSSR count). The molecule has 0 spiro atoms. The van der Waals surface area contributed by atoms with Crippen LogP contribution >= 0.6 is 0 Å². The summed E-state index contributed by atoms with van der Waals surface area (Å²) >= 11 is 0. The van der Waals surface area contributed by atoms with Gasteiger partial charge in [-0.2, -0.15) is 5.10 Å². The van der Waals surface area contributed by atoms with Crippen LogP contribution in [0.2, 0.25) is 0 Å². The van der Waals surface area contributed by atoms with E-state index in [1.54, 1.807) is 13.1 Å². The number of fused-ring (bicyclic) bond motifs is 1. The van der Waals surface area contributed by atoms with Crippen LogP contribution in [0.15, 0.2) is 85.5 Å². The van der Waals surface area contributed by atoms with Crippen LogP contribution in [0.1, 0.15) is 12.5 Å². The zero-order valence-electron chi connectivity index (χ0n) is 19.6. The molecule has 0 saturated carbocycles. The molecule has 0 aliphatic rings. The van der Waals surface area contributed by atoms with Crippen LogP contribution in [0.25, 0.3) is 33.4 Å². The van der Waals surface area contributed by atoms with Gasteiger partial charge in [0.1, 0.15) is 17.8 Å². The van der Waals surface area contributed by atoms with E-state index >= 15 is 0 Å². The van der Waals surface area contributed by atoms with E-state index in [1.807, 2.05) is 52.8 Å². The number of benzene rings is 2. The maximum Gasteiger partial charge on any atom is 0.250 e. The van der Waals surface area contributed by atoms with Crippen molar-refractivity contribution in [2.24, 2.45) is 7.05 Å². The average Bonchev–Trinajstić information content (AvgIpc) is 3.47. The predicted octanol–water partition coefficient (Wildman–Crippen LogP) is 4.64. The number of aromatic nitrogens is 5. The molecule has 0 fully saturated rings. The summed E-state index contributed by atoms with van der Waals surface area (Å²) in [7, 11) is 1.97. The Morgan fingerprint density at radius 1 is 1.06 bits per heavy atom. The van der Waals surface area contributed by atoms with E-state index in [1.165, 1.54) is 6.33 Å². The SMILES string of the molecule is C=C(C)C(=O)Nc1ccc(-c2c(-c3ccc(Cn4cccn4)cc3)c3c(N)ncnc3n2C)cc1. The van der Waals surface area contributed by atoms with Crippen molar-refractivity contribution in [3.05, 3.63) is 91.0 Å². The van der Waals surface area contributed by atoms with Gasteiger partial charge in [-0.3, -0.25) is 9.48 Å². The van der Waals surface area contributed by atoms with E-state index in [2.05, 4.69) is 51.2 Å². The highest BCUT2D eigenvalue weighted by atomic mass is 16.1. The first kappa shape index (κ1) is 22.1. The minimum atomic E-state index is -0.207. The van der Waals surface area contributed by atoms with Gasteiger partial charge in [0.15, 0.2) is 0 Å². The van der Waals surface area contributed by atoms with Crippen molar-refractivity contribution in [2.45, 2.75) is 13.5 Å². The molecule has 3 heterocycles. The van der Waals surface area contributed by atoms with Gasteiger partial charge in [0, 0.05) is 36.3 Å². The van der Waals surface area contributed by atoms with Crippen LogP contribution in [0.4, 0.5) is 11.5 Å². The van der Waals surface area contributed by atoms with Gasteiger partial charge in [-0.15, -0.1) is 0 Å². The number of nitrogens with one attached hydrogen (secondary N) is 1. The molecule has 5 aromatic rings. The lowest BCUT2D eigenvalue weighted by molar-refractivity contribution is -0.112. The first-order chi connectivity index (χ1) is 16.9. The van der Waals surface area contributed by atoms with Gasteiger partial charge in [-0.1, -0.05) is 43.0 Å². The Balaban J connectivity index is 1.60. The van der Waals surface area contributed by atoms with Crippen LogP contribution in [-0.2, 0) is 18.4 Å². The number of nitrogens with zero attached hydrogens (tertiary/aromatic N) is 5. The largest absolute Gasteiger partial charge is 0.383 e. The fraction of sp³-hybridized carbons (Fsp3) is 0.111. The Kier molecular flexibility index (Phi) is 5.62. The molecule has 2 aromatic carbocycles. The highest BCUT2D eigenvalue weighted by Crippen LogP contribution is 2.41. The highest BCUT2D eigenvalue weighted by molar-refractivity contribution is 6.08.